The number of ether oxygens (including phenoxy) is 2. The Morgan fingerprint density at radius 1 is 0.451 bits per heavy atom. The van der Waals surface area contributed by atoms with Crippen LogP contribution in [-0.2, 0) is 19.3 Å². The van der Waals surface area contributed by atoms with Crippen LogP contribution in [0, 0.1) is 35.5 Å². The maximum absolute atomic E-state index is 12.3. The van der Waals surface area contributed by atoms with Crippen molar-refractivity contribution in [3.8, 4) is 57.2 Å². The van der Waals surface area contributed by atoms with Gasteiger partial charge in [-0.1, -0.05) is 137 Å². The Bertz CT molecular complexity index is 6470. The molecule has 4 aliphatic rings. The molecule has 0 unspecified atom stereocenters. The molecule has 46 heteroatoms. The van der Waals surface area contributed by atoms with Crippen LogP contribution in [0.15, 0.2) is 201 Å². The van der Waals surface area contributed by atoms with E-state index in [9.17, 15) is 32.7 Å². The summed E-state index contributed by atoms with van der Waals surface area (Å²) in [6, 6.07) is 39.0. The number of aromatic nitrogens is 16. The van der Waals surface area contributed by atoms with E-state index in [1.165, 1.54) is 70.6 Å². The summed E-state index contributed by atoms with van der Waals surface area (Å²) in [7, 11) is 7.79. The van der Waals surface area contributed by atoms with Crippen molar-refractivity contribution in [1.82, 2.24) is 98.6 Å². The van der Waals surface area contributed by atoms with Crippen LogP contribution in [0.3, 0.4) is 0 Å². The van der Waals surface area contributed by atoms with Crippen molar-refractivity contribution in [3.05, 3.63) is 249 Å². The van der Waals surface area contributed by atoms with Crippen LogP contribution >= 0.6 is 58.0 Å². The number of nitrogen functional groups attached to an aromatic ring is 1. The van der Waals surface area contributed by atoms with Crippen molar-refractivity contribution in [2.75, 3.05) is 116 Å². The van der Waals surface area contributed by atoms with Gasteiger partial charge in [0.25, 0.3) is 0 Å². The summed E-state index contributed by atoms with van der Waals surface area (Å²) < 4.78 is 40.7. The van der Waals surface area contributed by atoms with E-state index in [1.807, 2.05) is 50.4 Å². The van der Waals surface area contributed by atoms with Crippen molar-refractivity contribution in [3.63, 3.8) is 0 Å². The molecule has 4 saturated heterocycles. The van der Waals surface area contributed by atoms with Gasteiger partial charge in [-0.15, -0.1) is 0 Å². The maximum atomic E-state index is 12.3. The smallest absolute Gasteiger partial charge is 0.870 e. The van der Waals surface area contributed by atoms with Crippen molar-refractivity contribution in [2.45, 2.75) is 113 Å². The predicted molar refractivity (Wildman–Crippen MR) is 533 cm³/mol. The summed E-state index contributed by atoms with van der Waals surface area (Å²) in [5.74, 6) is 2.34. The molecule has 736 valence electrons. The van der Waals surface area contributed by atoms with Crippen LogP contribution in [0.5, 0.6) is 0 Å². The summed E-state index contributed by atoms with van der Waals surface area (Å²) in [6.45, 7) is 13.7. The van der Waals surface area contributed by atoms with Crippen molar-refractivity contribution >= 4 is 132 Å². The summed E-state index contributed by atoms with van der Waals surface area (Å²) >= 11 is 30.6. The van der Waals surface area contributed by atoms with Crippen molar-refractivity contribution < 1.29 is 90.6 Å². The maximum Gasteiger partial charge on any atom is 1.00 e. The number of carboxylic acid groups (broad SMARTS) is 1. The Labute approximate surface area is 872 Å². The summed E-state index contributed by atoms with van der Waals surface area (Å²) in [4.78, 5) is 89.9. The minimum atomic E-state index is -3.47. The van der Waals surface area contributed by atoms with Gasteiger partial charge in [-0.05, 0) is 206 Å². The van der Waals surface area contributed by atoms with Gasteiger partial charge in [0.05, 0.1) is 194 Å². The number of aromatic carboxylic acids is 1. The van der Waals surface area contributed by atoms with E-state index in [2.05, 4.69) is 141 Å². The van der Waals surface area contributed by atoms with Crippen LogP contribution in [-0.4, -0.2) is 241 Å². The number of aryl methyl sites for hydroxylation is 1. The number of nitrogens with zero attached hydrogens (tertiary/aromatic N) is 22. The van der Waals surface area contributed by atoms with Crippen LogP contribution in [0.1, 0.15) is 143 Å². The number of piperidine rings is 4. The van der Waals surface area contributed by atoms with Gasteiger partial charge in [0.2, 0.25) is 23.1 Å². The molecule has 142 heavy (non-hydrogen) atoms. The van der Waals surface area contributed by atoms with Gasteiger partial charge in [-0.3, -0.25) is 23.5 Å². The molecule has 4 fully saturated rings. The van der Waals surface area contributed by atoms with E-state index >= 15 is 0 Å². The minimum Gasteiger partial charge on any atom is -0.870 e. The minimum absolute atomic E-state index is 0. The monoisotopic (exact) mass is 2040 g/mol. The molecule has 8 aromatic heterocycles. The number of hydrogen-bond donors (Lipinski definition) is 6. The third-order valence-electron chi connectivity index (χ3n) is 23.1. The molecular weight excluding hydrogens is 1930 g/mol. The van der Waals surface area contributed by atoms with Crippen molar-refractivity contribution in [1.29, 1.82) is 10.5 Å². The Hall–Kier alpha value is -12.2. The van der Waals surface area contributed by atoms with E-state index in [1.54, 1.807) is 147 Å². The molecule has 9 N–H and O–H groups in total. The number of ketones is 1. The number of halogens is 5. The zero-order valence-corrected chi connectivity index (χ0v) is 84.9. The largest absolute Gasteiger partial charge is 1.00 e. The van der Waals surface area contributed by atoms with Gasteiger partial charge in [0, 0.05) is 59.0 Å². The number of nitrogens with two attached hydrogens (primary N) is 2. The molecule has 13 aromatic rings. The third-order valence-corrected chi connectivity index (χ3v) is 26.4. The fourth-order valence-corrected chi connectivity index (χ4v) is 17.0. The molecule has 2 atom stereocenters. The number of hydrogen-bond acceptors (Lipinski definition) is 34. The van der Waals surface area contributed by atoms with Gasteiger partial charge in [-0.25, -0.2) is 63.8 Å². The molecule has 0 amide bonds. The molecule has 4 aliphatic heterocycles. The van der Waals surface area contributed by atoms with E-state index in [-0.39, 0.29) is 83.0 Å². The number of benzene rings is 5. The zero-order chi connectivity index (χ0) is 100.0. The van der Waals surface area contributed by atoms with Gasteiger partial charge in [-0.2, -0.15) is 30.9 Å². The number of likely N-dealkylation sites (tertiary alicyclic amines) is 4. The molecule has 0 saturated carbocycles. The predicted octanol–water partition coefficient (Wildman–Crippen LogP) is 9.71. The van der Waals surface area contributed by atoms with Crippen LogP contribution in [0.2, 0.25) is 25.4 Å². The number of esters is 2. The Morgan fingerprint density at radius 3 is 1.04 bits per heavy atom. The SMILES string of the molecule is CN1CCC(n2cc(N)cn2)CC1.CN1CCC(n2cc(Nc3ncc(Cl)c(-c4ccc(C(=O)[O-])cc4)n3)cn2)CC1.COC(=O)c1ccc(-c2nc(Cl)ncc2Cl)cc1.COC(=O)c1ccc(-c2nc(Nc3cnn(C4CCN(C)CC4)c3)ncc2Cl)cc1.C[C@@H](C#N)CC(=O)c1ccc(-c2nc(Nc3cnn(C4CCN(C)CC4)c3)ncc2Cl)cc1.Cc1ccc(S(=O)(=O)[C@@H](C)C#N)cc1.NO.[Li+].[Li+].[OH-]. The first-order valence-electron chi connectivity index (χ1n) is 44.2. The molecule has 0 aliphatic carbocycles. The van der Waals surface area contributed by atoms with Gasteiger partial charge in [0.15, 0.2) is 15.6 Å². The fourth-order valence-electron chi connectivity index (χ4n) is 15.0. The second-order valence-corrected chi connectivity index (χ2v) is 37.5. The first-order chi connectivity index (χ1) is 66.8. The van der Waals surface area contributed by atoms with Crippen LogP contribution in [0.25, 0.3) is 45.0 Å². The number of nitriles is 2. The average Bonchev–Trinajstić information content (AvgIpc) is 1.78. The second-order valence-electron chi connectivity index (χ2n) is 33.3. The topological polar surface area (TPSA) is 517 Å². The number of nitrogens with one attached hydrogen (secondary N) is 3. The summed E-state index contributed by atoms with van der Waals surface area (Å²) in [5, 5.41) is 62.9. The summed E-state index contributed by atoms with van der Waals surface area (Å²) in [6.07, 6.45) is 30.0. The van der Waals surface area contributed by atoms with E-state index in [0.29, 0.717) is 107 Å². The number of carbonyl (C=O) groups excluding carboxylic acids is 4. The molecule has 5 aromatic carbocycles. The van der Waals surface area contributed by atoms with Gasteiger partial charge in [0.1, 0.15) is 5.25 Å². The number of methoxy groups -OCH3 is 2. The number of carboxylic acids is 1. The molecule has 0 bridgehead atoms. The fraction of sp³-hybridized carbons (Fsp3) is 0.333. The standard InChI is InChI=1S/C24H26ClN7O.C21H23ClN6O2.C20H21ClN6O2.C12H8Cl2N2O2.C10H11NO2S.C9H16N4.2Li.H3NO.H2O/c1-16(12-26)11-22(33)17-3-5-18(6-4-17)23-21(25)14-27-24(30-23)29-19-13-28-32(15-19)20-7-9-31(2)10-8-20;1-27-9-7-17(8-10-27)28-13-16(11-24-28)25-21-23-12-18(22)19(26-21)14-3-5-15(6-4-14)20(29)30-2;1-26-8-6-16(7-9-26)27-12-15(10-23-27)24-20-22-11-17(21)18(25-20)13-2-4-14(5-3-13)19(28)29;1-18-11(17)8-4-2-7(3-5-8)10-9(13)6-15-12(14)16-10;1-8-3-5-10(6-4-8)14(12,13)9(2)7-11;1-12-4-2-9(3-5-12)13-7-8(10)6-11-13;;;1-2;/h3-6,13-16,20H,7-11H2,1-2H3,(H,27,29,30);3-6,11-13,17H,7-10H2,1-2H3,(H,23,25,26);2-5,10-12,16H,6-9H2,1H3,(H,28,29)(H,22,24,25);2-6H,1H3;3-6,9H,1-2H3;6-7,9H,2-5,10H2,1H3;;;2H,1H2;1H2/q;;;;;;2*+1;;/p-2/t16-;;;;9-;;;;;/m1...0...../s1. The second kappa shape index (κ2) is 56.0. The van der Waals surface area contributed by atoms with Crippen LogP contribution in [0.4, 0.5) is 40.6 Å². The van der Waals surface area contributed by atoms with Crippen molar-refractivity contribution in [2.24, 2.45) is 11.8 Å². The molecule has 0 radical (unpaired) electrons. The third kappa shape index (κ3) is 32.9. The molecule has 38 nitrogen and oxygen atoms in total. The Kier molecular flexibility index (Phi) is 45.4. The molecular formula is C96H108Cl5Li2N27O11S. The summed E-state index contributed by atoms with van der Waals surface area (Å²) in [5.41, 5.74) is 16.6. The Balaban J connectivity index is 0.000000213. The molecule has 12 heterocycles. The number of anilines is 7. The van der Waals surface area contributed by atoms with E-state index in [4.69, 9.17) is 84.2 Å². The van der Waals surface area contributed by atoms with Gasteiger partial charge >= 0.3 is 49.7 Å². The molecule has 17 rings (SSSR count). The Morgan fingerprint density at radius 2 is 0.746 bits per heavy atom. The average molecular weight is 2040 g/mol. The number of carbonyl (C=O) groups is 4. The van der Waals surface area contributed by atoms with Gasteiger partial charge < -0.3 is 71.3 Å². The first-order valence-corrected chi connectivity index (χ1v) is 47.7. The zero-order valence-electron chi connectivity index (χ0n) is 80.3. The number of Topliss-reactive ketones (excluding diaryl/α,β-unsaturated/α-hetero) is 1. The molecule has 0 spiro atoms. The number of rotatable bonds is 22. The quantitative estimate of drug-likeness (QED) is 0.0121. The van der Waals surface area contributed by atoms with E-state index < -0.39 is 27.0 Å². The van der Waals surface area contributed by atoms with Crippen LogP contribution < -0.4 is 70.4 Å². The first kappa shape index (κ1) is 115. The van der Waals surface area contributed by atoms with E-state index in [0.717, 1.165) is 136 Å². The normalized spacial score (nSPS) is 14.5. The number of sulfone groups is 1.